The van der Waals surface area contributed by atoms with Crippen molar-refractivity contribution < 1.29 is 33.8 Å². The fourth-order valence-corrected chi connectivity index (χ4v) is 7.76. The van der Waals surface area contributed by atoms with Crippen LogP contribution in [0.5, 0.6) is 0 Å². The minimum absolute atomic E-state index is 0.0999. The van der Waals surface area contributed by atoms with Gasteiger partial charge in [-0.1, -0.05) is 66.2 Å². The number of hydrogen-bond acceptors (Lipinski definition) is 7. The van der Waals surface area contributed by atoms with E-state index in [0.717, 1.165) is 5.56 Å². The zero-order chi connectivity index (χ0) is 33.9. The van der Waals surface area contributed by atoms with E-state index in [0.29, 0.717) is 35.5 Å². The van der Waals surface area contributed by atoms with Gasteiger partial charge in [0.25, 0.3) is 5.91 Å². The zero-order valence-corrected chi connectivity index (χ0v) is 27.5. The Morgan fingerprint density at radius 2 is 1.94 bits per heavy atom. The lowest BCUT2D eigenvalue weighted by molar-refractivity contribution is -0.159. The molecule has 47 heavy (non-hydrogen) atoms. The molecule has 2 aromatic carbocycles. The van der Waals surface area contributed by atoms with Crippen LogP contribution in [0.25, 0.3) is 0 Å². The molecule has 2 N–H and O–H groups in total. The van der Waals surface area contributed by atoms with Gasteiger partial charge in [0.1, 0.15) is 17.7 Å². The minimum atomic E-state index is -1.35. The normalized spacial score (nSPS) is 25.5. The van der Waals surface area contributed by atoms with Crippen molar-refractivity contribution in [2.45, 2.75) is 69.4 Å². The summed E-state index contributed by atoms with van der Waals surface area (Å²) >= 11 is 6.66. The Morgan fingerprint density at radius 3 is 2.60 bits per heavy atom. The van der Waals surface area contributed by atoms with Crippen LogP contribution in [-0.4, -0.2) is 77.2 Å². The molecular weight excluding hydrogens is 622 g/mol. The lowest BCUT2D eigenvalue weighted by Crippen LogP contribution is -2.57. The molecule has 2 aromatic rings. The van der Waals surface area contributed by atoms with Crippen molar-refractivity contribution in [1.29, 1.82) is 0 Å². The molecule has 1 spiro atoms. The van der Waals surface area contributed by atoms with Crippen molar-refractivity contribution in [3.8, 4) is 0 Å². The van der Waals surface area contributed by atoms with Crippen molar-refractivity contribution in [3.63, 3.8) is 0 Å². The molecular formula is C36H42ClN3O7. The number of nitrogens with zero attached hydrogens (tertiary/aromatic N) is 2. The number of benzene rings is 2. The Hall–Kier alpha value is -3.99. The third-order valence-corrected chi connectivity index (χ3v) is 9.76. The second-order valence-corrected chi connectivity index (χ2v) is 12.8. The molecule has 5 rings (SSSR count). The average Bonchev–Trinajstić information content (AvgIpc) is 3.70. The summed E-state index contributed by atoms with van der Waals surface area (Å²) in [5.74, 6) is -3.71. The second kappa shape index (κ2) is 14.4. The molecule has 3 aliphatic rings. The van der Waals surface area contributed by atoms with Crippen LogP contribution < -0.4 is 10.2 Å². The lowest BCUT2D eigenvalue weighted by atomic mass is 9.70. The molecule has 2 bridgehead atoms. The molecule has 3 heterocycles. The van der Waals surface area contributed by atoms with Crippen molar-refractivity contribution in [2.24, 2.45) is 11.8 Å². The Kier molecular flexibility index (Phi) is 10.5. The van der Waals surface area contributed by atoms with Crippen LogP contribution in [0.2, 0.25) is 5.02 Å². The van der Waals surface area contributed by atoms with E-state index in [9.17, 15) is 24.3 Å². The van der Waals surface area contributed by atoms with Gasteiger partial charge in [-0.05, 0) is 50.3 Å². The van der Waals surface area contributed by atoms with Gasteiger partial charge in [0.15, 0.2) is 0 Å². The number of amides is 3. The zero-order valence-electron chi connectivity index (χ0n) is 26.8. The Morgan fingerprint density at radius 1 is 1.19 bits per heavy atom. The fourth-order valence-electron chi connectivity index (χ4n) is 7.43. The number of allylic oxidation sites excluding steroid dienone is 1. The molecule has 0 unspecified atom stereocenters. The smallest absolute Gasteiger partial charge is 0.312 e. The summed E-state index contributed by atoms with van der Waals surface area (Å²) in [6.45, 7) is 10.7. The molecule has 0 aromatic heterocycles. The number of carbonyl (C=O) groups is 4. The molecule has 11 heteroatoms. The highest BCUT2D eigenvalue weighted by Gasteiger charge is 2.76. The molecule has 0 aliphatic carbocycles. The number of ether oxygens (including phenoxy) is 2. The lowest BCUT2D eigenvalue weighted by Gasteiger charge is -2.39. The number of carbonyl (C=O) groups excluding carboxylic acids is 4. The van der Waals surface area contributed by atoms with E-state index in [1.54, 1.807) is 55.5 Å². The number of nitrogens with one attached hydrogen (secondary N) is 1. The highest BCUT2D eigenvalue weighted by Crippen LogP contribution is 2.60. The third-order valence-electron chi connectivity index (χ3n) is 9.45. The van der Waals surface area contributed by atoms with Crippen molar-refractivity contribution >= 4 is 41.0 Å². The molecule has 250 valence electrons. The number of hydrogen-bond donors (Lipinski definition) is 2. The number of likely N-dealkylation sites (tertiary alicyclic amines) is 1. The standard InChI is InChI=1S/C36H42ClN3O7/c1-5-7-16-28(42)38-20-23(4)46-35(45)29-27-17-18-36(47-27)30(29)33(43)40(26(21-41)24-13-9-8-10-14-24)32(36)34(44)39(19-6-2)31-22(3)12-11-15-25(31)37/h5-6,8-15,23,26-27,29-30,32,41H,1-2,7,16-21H2,3-4H3,(H,38,42)/t23-,26-,27-,29+,30+,32-,36+/m1/s1. The Bertz CT molecular complexity index is 1510. The van der Waals surface area contributed by atoms with Crippen molar-refractivity contribution in [3.05, 3.63) is 90.0 Å². The first kappa shape index (κ1) is 34.3. The van der Waals surface area contributed by atoms with Crippen LogP contribution in [-0.2, 0) is 28.7 Å². The fraction of sp³-hybridized carbons (Fsp3) is 0.444. The second-order valence-electron chi connectivity index (χ2n) is 12.4. The number of para-hydroxylation sites is 1. The summed E-state index contributed by atoms with van der Waals surface area (Å²) in [7, 11) is 0. The number of anilines is 1. The summed E-state index contributed by atoms with van der Waals surface area (Å²) in [5.41, 5.74) is 0.528. The Labute approximate surface area is 280 Å². The predicted molar refractivity (Wildman–Crippen MR) is 177 cm³/mol. The maximum atomic E-state index is 15.0. The van der Waals surface area contributed by atoms with Crippen LogP contribution in [0.3, 0.4) is 0 Å². The van der Waals surface area contributed by atoms with Gasteiger partial charge in [-0.15, -0.1) is 13.2 Å². The van der Waals surface area contributed by atoms with Crippen LogP contribution in [0.15, 0.2) is 73.8 Å². The van der Waals surface area contributed by atoms with Gasteiger partial charge in [-0.3, -0.25) is 19.2 Å². The van der Waals surface area contributed by atoms with Gasteiger partial charge < -0.3 is 29.7 Å². The summed E-state index contributed by atoms with van der Waals surface area (Å²) in [6.07, 6.45) is 3.53. The first-order chi connectivity index (χ1) is 22.6. The quantitative estimate of drug-likeness (QED) is 0.228. The number of rotatable bonds is 14. The number of halogens is 1. The van der Waals surface area contributed by atoms with E-state index in [4.69, 9.17) is 21.1 Å². The van der Waals surface area contributed by atoms with Gasteiger partial charge in [0.2, 0.25) is 11.8 Å². The van der Waals surface area contributed by atoms with E-state index in [-0.39, 0.29) is 25.4 Å². The average molecular weight is 664 g/mol. The van der Waals surface area contributed by atoms with Crippen LogP contribution in [0.1, 0.15) is 49.8 Å². The van der Waals surface area contributed by atoms with Gasteiger partial charge >= 0.3 is 5.97 Å². The topological polar surface area (TPSA) is 125 Å². The number of esters is 1. The molecule has 0 radical (unpaired) electrons. The van der Waals surface area contributed by atoms with Crippen LogP contribution >= 0.6 is 11.6 Å². The number of aliphatic hydroxyl groups is 1. The third kappa shape index (κ3) is 6.34. The highest BCUT2D eigenvalue weighted by molar-refractivity contribution is 6.34. The molecule has 3 aliphatic heterocycles. The van der Waals surface area contributed by atoms with E-state index in [2.05, 4.69) is 18.5 Å². The van der Waals surface area contributed by atoms with Crippen molar-refractivity contribution in [1.82, 2.24) is 10.2 Å². The SMILES string of the molecule is C=CCCC(=O)NC[C@@H](C)OC(=O)[C@@H]1[C@H]2C(=O)N([C@H](CO)c3ccccc3)[C@H](C(=O)N(CC=C)c3c(C)cccc3Cl)[C@]23CC[C@H]1O3. The van der Waals surface area contributed by atoms with Crippen LogP contribution in [0, 0.1) is 18.8 Å². The van der Waals surface area contributed by atoms with E-state index >= 15 is 0 Å². The summed E-state index contributed by atoms with van der Waals surface area (Å²) < 4.78 is 12.4. The van der Waals surface area contributed by atoms with Gasteiger partial charge in [0, 0.05) is 13.0 Å². The molecule has 7 atom stereocenters. The highest BCUT2D eigenvalue weighted by atomic mass is 35.5. The Balaban J connectivity index is 1.52. The maximum absolute atomic E-state index is 15.0. The molecule has 0 saturated carbocycles. The monoisotopic (exact) mass is 663 g/mol. The first-order valence-electron chi connectivity index (χ1n) is 16.0. The largest absolute Gasteiger partial charge is 0.460 e. The number of fused-ring (bicyclic) bond motifs is 1. The molecule has 3 saturated heterocycles. The summed E-state index contributed by atoms with van der Waals surface area (Å²) in [5, 5.41) is 13.9. The summed E-state index contributed by atoms with van der Waals surface area (Å²) in [4.78, 5) is 58.5. The summed E-state index contributed by atoms with van der Waals surface area (Å²) in [6, 6.07) is 12.3. The molecule has 3 amide bonds. The first-order valence-corrected chi connectivity index (χ1v) is 16.4. The van der Waals surface area contributed by atoms with Crippen molar-refractivity contribution in [2.75, 3.05) is 24.6 Å². The molecule has 3 fully saturated rings. The van der Waals surface area contributed by atoms with E-state index in [1.807, 2.05) is 19.1 Å². The maximum Gasteiger partial charge on any atom is 0.312 e. The predicted octanol–water partition coefficient (Wildman–Crippen LogP) is 4.29. The van der Waals surface area contributed by atoms with Gasteiger partial charge in [0.05, 0.1) is 47.8 Å². The minimum Gasteiger partial charge on any atom is -0.460 e. The van der Waals surface area contributed by atoms with E-state index in [1.165, 1.54) is 9.80 Å². The van der Waals surface area contributed by atoms with E-state index < -0.39 is 66.1 Å². The van der Waals surface area contributed by atoms with Gasteiger partial charge in [-0.2, -0.15) is 0 Å². The number of aliphatic hydroxyl groups excluding tert-OH is 1. The number of aryl methyl sites for hydroxylation is 1. The van der Waals surface area contributed by atoms with Gasteiger partial charge in [-0.25, -0.2) is 0 Å². The van der Waals surface area contributed by atoms with Crippen LogP contribution in [0.4, 0.5) is 5.69 Å². The molecule has 10 nitrogen and oxygen atoms in total.